The Kier molecular flexibility index (Phi) is 6.26. The number of carbonyl (C=O) groups excluding carboxylic acids is 1. The van der Waals surface area contributed by atoms with E-state index in [1.54, 1.807) is 12.3 Å². The summed E-state index contributed by atoms with van der Waals surface area (Å²) in [6.45, 7) is 13.9. The zero-order chi connectivity index (χ0) is 22.8. The van der Waals surface area contributed by atoms with Crippen molar-refractivity contribution in [2.75, 3.05) is 37.7 Å². The maximum absolute atomic E-state index is 13.1. The standard InChI is InChI=1S/C27H32N2O3/c1-6-31-25-16-26-23(21(5)17-32-26)15-22(25)20(4)14-27(30)29-11-9-28(10-12-29)24-13-18(2)7-8-19(24)3/h7-8,13-17H,6,9-12H2,1-5H3/b20-14+. The fraction of sp³-hybridized carbons (Fsp3) is 0.370. The van der Waals surface area contributed by atoms with Gasteiger partial charge in [-0.3, -0.25) is 4.79 Å². The van der Waals surface area contributed by atoms with Gasteiger partial charge in [-0.25, -0.2) is 0 Å². The Morgan fingerprint density at radius 3 is 2.53 bits per heavy atom. The summed E-state index contributed by atoms with van der Waals surface area (Å²) in [7, 11) is 0. The maximum Gasteiger partial charge on any atom is 0.246 e. The van der Waals surface area contributed by atoms with Gasteiger partial charge in [0.05, 0.1) is 12.9 Å². The number of rotatable bonds is 5. The van der Waals surface area contributed by atoms with Gasteiger partial charge in [0.1, 0.15) is 11.3 Å². The lowest BCUT2D eigenvalue weighted by Crippen LogP contribution is -2.48. The summed E-state index contributed by atoms with van der Waals surface area (Å²) in [6.07, 6.45) is 3.50. The van der Waals surface area contributed by atoms with E-state index in [1.165, 1.54) is 16.8 Å². The molecule has 0 atom stereocenters. The van der Waals surface area contributed by atoms with Crippen molar-refractivity contribution in [3.8, 4) is 5.75 Å². The van der Waals surface area contributed by atoms with Gasteiger partial charge < -0.3 is 19.0 Å². The molecule has 1 aliphatic heterocycles. The molecule has 5 heteroatoms. The third kappa shape index (κ3) is 4.38. The number of benzene rings is 2. The number of hydrogen-bond acceptors (Lipinski definition) is 4. The van der Waals surface area contributed by atoms with E-state index in [2.05, 4.69) is 43.0 Å². The number of furan rings is 1. The van der Waals surface area contributed by atoms with Crippen molar-refractivity contribution in [3.63, 3.8) is 0 Å². The molecule has 168 valence electrons. The molecule has 2 heterocycles. The van der Waals surface area contributed by atoms with Gasteiger partial charge in [-0.05, 0) is 69.0 Å². The first kappa shape index (κ1) is 22.0. The Morgan fingerprint density at radius 1 is 1.06 bits per heavy atom. The van der Waals surface area contributed by atoms with Crippen LogP contribution in [0.4, 0.5) is 5.69 Å². The molecule has 0 N–H and O–H groups in total. The minimum absolute atomic E-state index is 0.0505. The van der Waals surface area contributed by atoms with Crippen LogP contribution in [0, 0.1) is 20.8 Å². The summed E-state index contributed by atoms with van der Waals surface area (Å²) in [4.78, 5) is 17.4. The van der Waals surface area contributed by atoms with Gasteiger partial charge in [-0.15, -0.1) is 0 Å². The monoisotopic (exact) mass is 432 g/mol. The number of anilines is 1. The zero-order valence-electron chi connectivity index (χ0n) is 19.7. The van der Waals surface area contributed by atoms with E-state index >= 15 is 0 Å². The SMILES string of the molecule is CCOc1cc2occ(C)c2cc1/C(C)=C/C(=O)N1CCN(c2cc(C)ccc2C)CC1. The van der Waals surface area contributed by atoms with Crippen LogP contribution in [0.1, 0.15) is 36.1 Å². The van der Waals surface area contributed by atoms with Crippen LogP contribution in [-0.2, 0) is 4.79 Å². The first-order chi connectivity index (χ1) is 15.4. The molecule has 1 aromatic heterocycles. The molecule has 32 heavy (non-hydrogen) atoms. The Balaban J connectivity index is 1.51. The van der Waals surface area contributed by atoms with Gasteiger partial charge in [0.2, 0.25) is 5.91 Å². The summed E-state index contributed by atoms with van der Waals surface area (Å²) in [6, 6.07) is 10.5. The zero-order valence-corrected chi connectivity index (χ0v) is 19.7. The van der Waals surface area contributed by atoms with Crippen LogP contribution in [0.2, 0.25) is 0 Å². The second-order valence-corrected chi connectivity index (χ2v) is 8.63. The Bertz CT molecular complexity index is 1170. The van der Waals surface area contributed by atoms with E-state index in [0.717, 1.165) is 46.5 Å². The topological polar surface area (TPSA) is 45.9 Å². The van der Waals surface area contributed by atoms with Crippen LogP contribution in [0.15, 0.2) is 47.1 Å². The van der Waals surface area contributed by atoms with Crippen molar-refractivity contribution in [1.29, 1.82) is 0 Å². The second kappa shape index (κ2) is 9.11. The van der Waals surface area contributed by atoms with Crippen LogP contribution in [-0.4, -0.2) is 43.6 Å². The quantitative estimate of drug-likeness (QED) is 0.499. The lowest BCUT2D eigenvalue weighted by molar-refractivity contribution is -0.126. The number of fused-ring (bicyclic) bond motifs is 1. The molecule has 1 saturated heterocycles. The third-order valence-electron chi connectivity index (χ3n) is 6.23. The number of nitrogens with zero attached hydrogens (tertiary/aromatic N) is 2. The molecule has 1 fully saturated rings. The van der Waals surface area contributed by atoms with Gasteiger partial charge in [0.25, 0.3) is 0 Å². The fourth-order valence-corrected chi connectivity index (χ4v) is 4.35. The molecular formula is C27H32N2O3. The fourth-order valence-electron chi connectivity index (χ4n) is 4.35. The molecule has 0 spiro atoms. The predicted octanol–water partition coefficient (Wildman–Crippen LogP) is 5.51. The van der Waals surface area contributed by atoms with Gasteiger partial charge >= 0.3 is 0 Å². The summed E-state index contributed by atoms with van der Waals surface area (Å²) in [5.74, 6) is 0.796. The summed E-state index contributed by atoms with van der Waals surface area (Å²) >= 11 is 0. The Morgan fingerprint density at radius 2 is 1.81 bits per heavy atom. The summed E-state index contributed by atoms with van der Waals surface area (Å²) in [5.41, 5.74) is 7.53. The molecule has 1 amide bonds. The van der Waals surface area contributed by atoms with E-state index in [1.807, 2.05) is 31.7 Å². The van der Waals surface area contributed by atoms with Crippen molar-refractivity contribution in [1.82, 2.24) is 4.90 Å². The first-order valence-electron chi connectivity index (χ1n) is 11.3. The average Bonchev–Trinajstić information content (AvgIpc) is 3.15. The molecule has 0 saturated carbocycles. The van der Waals surface area contributed by atoms with Crippen molar-refractivity contribution in [2.45, 2.75) is 34.6 Å². The molecule has 3 aromatic rings. The number of hydrogen-bond donors (Lipinski definition) is 0. The van der Waals surface area contributed by atoms with Crippen LogP contribution in [0.25, 0.3) is 16.5 Å². The summed E-state index contributed by atoms with van der Waals surface area (Å²) in [5, 5.41) is 1.05. The van der Waals surface area contributed by atoms with E-state index in [0.29, 0.717) is 19.7 Å². The largest absolute Gasteiger partial charge is 0.493 e. The third-order valence-corrected chi connectivity index (χ3v) is 6.23. The van der Waals surface area contributed by atoms with Crippen LogP contribution >= 0.6 is 0 Å². The molecule has 0 radical (unpaired) electrons. The molecule has 0 aliphatic carbocycles. The number of allylic oxidation sites excluding steroid dienone is 1. The van der Waals surface area contributed by atoms with Gasteiger partial charge in [-0.2, -0.15) is 0 Å². The Hall–Kier alpha value is -3.21. The van der Waals surface area contributed by atoms with Gasteiger partial charge in [0, 0.05) is 55.0 Å². The highest BCUT2D eigenvalue weighted by molar-refractivity contribution is 5.97. The van der Waals surface area contributed by atoms with E-state index < -0.39 is 0 Å². The van der Waals surface area contributed by atoms with Crippen molar-refractivity contribution >= 4 is 28.1 Å². The smallest absolute Gasteiger partial charge is 0.246 e. The number of aryl methyl sites for hydroxylation is 3. The molecule has 4 rings (SSSR count). The molecule has 1 aliphatic rings. The first-order valence-corrected chi connectivity index (χ1v) is 11.3. The minimum Gasteiger partial charge on any atom is -0.493 e. The van der Waals surface area contributed by atoms with Crippen molar-refractivity contribution in [2.24, 2.45) is 0 Å². The highest BCUT2D eigenvalue weighted by Crippen LogP contribution is 2.33. The number of piperazine rings is 1. The number of carbonyl (C=O) groups is 1. The molecule has 5 nitrogen and oxygen atoms in total. The second-order valence-electron chi connectivity index (χ2n) is 8.63. The lowest BCUT2D eigenvalue weighted by atomic mass is 10.0. The average molecular weight is 433 g/mol. The highest BCUT2D eigenvalue weighted by Gasteiger charge is 2.22. The normalized spacial score (nSPS) is 14.8. The van der Waals surface area contributed by atoms with E-state index in [-0.39, 0.29) is 5.91 Å². The highest BCUT2D eigenvalue weighted by atomic mass is 16.5. The van der Waals surface area contributed by atoms with E-state index in [4.69, 9.17) is 9.15 Å². The van der Waals surface area contributed by atoms with Crippen LogP contribution < -0.4 is 9.64 Å². The molecule has 0 bridgehead atoms. The number of ether oxygens (including phenoxy) is 1. The number of amides is 1. The van der Waals surface area contributed by atoms with Crippen LogP contribution in [0.5, 0.6) is 5.75 Å². The van der Waals surface area contributed by atoms with E-state index in [9.17, 15) is 4.79 Å². The summed E-state index contributed by atoms with van der Waals surface area (Å²) < 4.78 is 11.5. The van der Waals surface area contributed by atoms with Gasteiger partial charge in [0.15, 0.2) is 0 Å². The minimum atomic E-state index is 0.0505. The van der Waals surface area contributed by atoms with Gasteiger partial charge in [-0.1, -0.05) is 12.1 Å². The molecule has 2 aromatic carbocycles. The Labute approximate surface area is 190 Å². The van der Waals surface area contributed by atoms with Crippen molar-refractivity contribution in [3.05, 3.63) is 64.9 Å². The maximum atomic E-state index is 13.1. The predicted molar refractivity (Wildman–Crippen MR) is 130 cm³/mol. The molecular weight excluding hydrogens is 400 g/mol. The van der Waals surface area contributed by atoms with Crippen molar-refractivity contribution < 1.29 is 13.9 Å². The molecule has 0 unspecified atom stereocenters. The van der Waals surface area contributed by atoms with Crippen LogP contribution in [0.3, 0.4) is 0 Å². The lowest BCUT2D eigenvalue weighted by Gasteiger charge is -2.36.